The number of carbonyl (C=O) groups excluding carboxylic acids is 2. The summed E-state index contributed by atoms with van der Waals surface area (Å²) in [6, 6.07) is 24.5. The number of ether oxygens (including phenoxy) is 3. The Labute approximate surface area is 287 Å². The molecule has 0 unspecified atom stereocenters. The minimum Gasteiger partial charge on any atom is -0.495 e. The molecule has 0 radical (unpaired) electrons. The zero-order valence-corrected chi connectivity index (χ0v) is 28.5. The summed E-state index contributed by atoms with van der Waals surface area (Å²) < 4.78 is 18.2. The number of rotatable bonds is 12. The molecule has 1 saturated heterocycles. The molecule has 0 saturated carbocycles. The molecule has 1 aliphatic rings. The van der Waals surface area contributed by atoms with Gasteiger partial charge in [-0.15, -0.1) is 0 Å². The normalized spacial score (nSPS) is 15.5. The standard InChI is InChI=1S/C39H43N3O7/c1-24(2)32-16-10-25(3)18-35(32)49-31-21-29(23-48-30-14-12-28(13-15-30)38(44)45)42(22-31)37(43)20-27-11-17-34(36(19-27)47-5)41-39(46)40-33-9-7-6-8-26(33)4/h6-19,24,29,31H,20-23H2,1-5H3,(H,44,45)(H2,40,41,46)/t29-,31-/m0/s1. The van der Waals surface area contributed by atoms with E-state index in [-0.39, 0.29) is 42.6 Å². The topological polar surface area (TPSA) is 126 Å². The Morgan fingerprint density at radius 1 is 0.898 bits per heavy atom. The summed E-state index contributed by atoms with van der Waals surface area (Å²) in [4.78, 5) is 39.7. The third kappa shape index (κ3) is 8.90. The second-order valence-corrected chi connectivity index (χ2v) is 12.6. The monoisotopic (exact) mass is 665 g/mol. The molecule has 0 spiro atoms. The first-order valence-corrected chi connectivity index (χ1v) is 16.3. The number of methoxy groups -OCH3 is 1. The quantitative estimate of drug-likeness (QED) is 0.144. The second-order valence-electron chi connectivity index (χ2n) is 12.6. The largest absolute Gasteiger partial charge is 0.495 e. The fraction of sp³-hybridized carbons (Fsp3) is 0.308. The van der Waals surface area contributed by atoms with Gasteiger partial charge < -0.3 is 34.9 Å². The van der Waals surface area contributed by atoms with Crippen molar-refractivity contribution in [2.75, 3.05) is 30.9 Å². The van der Waals surface area contributed by atoms with Crippen LogP contribution in [0.1, 0.15) is 58.8 Å². The van der Waals surface area contributed by atoms with Crippen molar-refractivity contribution in [2.24, 2.45) is 0 Å². The van der Waals surface area contributed by atoms with Gasteiger partial charge in [0, 0.05) is 12.1 Å². The highest BCUT2D eigenvalue weighted by molar-refractivity contribution is 6.01. The van der Waals surface area contributed by atoms with Crippen LogP contribution in [-0.4, -0.2) is 60.3 Å². The van der Waals surface area contributed by atoms with Crippen molar-refractivity contribution in [3.63, 3.8) is 0 Å². The van der Waals surface area contributed by atoms with Crippen molar-refractivity contribution in [2.45, 2.75) is 58.6 Å². The van der Waals surface area contributed by atoms with Crippen molar-refractivity contribution in [3.05, 3.63) is 113 Å². The van der Waals surface area contributed by atoms with Gasteiger partial charge >= 0.3 is 12.0 Å². The lowest BCUT2D eigenvalue weighted by Crippen LogP contribution is -2.40. The number of aromatic carboxylic acids is 1. The van der Waals surface area contributed by atoms with Gasteiger partial charge in [-0.2, -0.15) is 0 Å². The first-order chi connectivity index (χ1) is 23.5. The van der Waals surface area contributed by atoms with E-state index in [1.165, 1.54) is 19.2 Å². The summed E-state index contributed by atoms with van der Waals surface area (Å²) in [5.74, 6) is 0.914. The van der Waals surface area contributed by atoms with E-state index < -0.39 is 12.0 Å². The average Bonchev–Trinajstić information content (AvgIpc) is 3.48. The highest BCUT2D eigenvalue weighted by Crippen LogP contribution is 2.32. The van der Waals surface area contributed by atoms with Gasteiger partial charge in [-0.1, -0.05) is 50.2 Å². The lowest BCUT2D eigenvalue weighted by Gasteiger charge is -2.25. The first kappa shape index (κ1) is 34.8. The smallest absolute Gasteiger partial charge is 0.335 e. The van der Waals surface area contributed by atoms with Gasteiger partial charge in [0.25, 0.3) is 0 Å². The molecule has 1 heterocycles. The number of urea groups is 1. The molecule has 5 rings (SSSR count). The van der Waals surface area contributed by atoms with Crippen LogP contribution in [0.4, 0.5) is 16.2 Å². The number of hydrogen-bond acceptors (Lipinski definition) is 6. The van der Waals surface area contributed by atoms with E-state index in [2.05, 4.69) is 36.6 Å². The lowest BCUT2D eigenvalue weighted by atomic mass is 10.0. The molecule has 49 heavy (non-hydrogen) atoms. The van der Waals surface area contributed by atoms with Crippen LogP contribution in [0.3, 0.4) is 0 Å². The molecule has 0 bridgehead atoms. The fourth-order valence-corrected chi connectivity index (χ4v) is 5.92. The SMILES string of the molecule is COc1cc(CC(=O)N2C[C@@H](Oc3cc(C)ccc3C(C)C)C[C@H]2COc2ccc(C(=O)O)cc2)ccc1NC(=O)Nc1ccccc1C. The zero-order valence-electron chi connectivity index (χ0n) is 28.5. The maximum absolute atomic E-state index is 13.9. The number of hydrogen-bond donors (Lipinski definition) is 3. The molecular formula is C39H43N3O7. The van der Waals surface area contributed by atoms with Crippen molar-refractivity contribution >= 4 is 29.3 Å². The van der Waals surface area contributed by atoms with Crippen molar-refractivity contribution in [3.8, 4) is 17.2 Å². The van der Waals surface area contributed by atoms with E-state index in [0.717, 1.165) is 28.0 Å². The van der Waals surface area contributed by atoms with E-state index in [1.54, 1.807) is 35.2 Å². The summed E-state index contributed by atoms with van der Waals surface area (Å²) in [5, 5.41) is 14.9. The highest BCUT2D eigenvalue weighted by atomic mass is 16.5. The molecule has 10 heteroatoms. The van der Waals surface area contributed by atoms with Crippen LogP contribution in [0.15, 0.2) is 84.9 Å². The van der Waals surface area contributed by atoms with E-state index >= 15 is 0 Å². The van der Waals surface area contributed by atoms with Crippen LogP contribution < -0.4 is 24.8 Å². The Morgan fingerprint density at radius 3 is 2.33 bits per heavy atom. The maximum atomic E-state index is 13.9. The number of carboxylic acids is 1. The van der Waals surface area contributed by atoms with Crippen molar-refractivity contribution in [1.29, 1.82) is 0 Å². The van der Waals surface area contributed by atoms with Crippen LogP contribution in [0.2, 0.25) is 0 Å². The number of nitrogens with zero attached hydrogens (tertiary/aromatic N) is 1. The molecule has 0 aliphatic carbocycles. The van der Waals surface area contributed by atoms with Gasteiger partial charge in [-0.05, 0) is 90.6 Å². The summed E-state index contributed by atoms with van der Waals surface area (Å²) >= 11 is 0. The van der Waals surface area contributed by atoms with E-state index in [9.17, 15) is 19.5 Å². The van der Waals surface area contributed by atoms with Crippen LogP contribution >= 0.6 is 0 Å². The van der Waals surface area contributed by atoms with Crippen LogP contribution in [0, 0.1) is 13.8 Å². The Balaban J connectivity index is 1.30. The first-order valence-electron chi connectivity index (χ1n) is 16.3. The van der Waals surface area contributed by atoms with E-state index in [4.69, 9.17) is 14.2 Å². The maximum Gasteiger partial charge on any atom is 0.335 e. The van der Waals surface area contributed by atoms with Crippen molar-refractivity contribution in [1.82, 2.24) is 4.90 Å². The van der Waals surface area contributed by atoms with Gasteiger partial charge in [-0.25, -0.2) is 9.59 Å². The molecule has 0 aromatic heterocycles. The summed E-state index contributed by atoms with van der Waals surface area (Å²) in [7, 11) is 1.51. The molecule has 4 aromatic rings. The zero-order chi connectivity index (χ0) is 35.1. The van der Waals surface area contributed by atoms with Crippen LogP contribution in [0.25, 0.3) is 0 Å². The predicted molar refractivity (Wildman–Crippen MR) is 189 cm³/mol. The number of anilines is 2. The Kier molecular flexibility index (Phi) is 11.1. The number of para-hydroxylation sites is 1. The molecule has 10 nitrogen and oxygen atoms in total. The van der Waals surface area contributed by atoms with Crippen LogP contribution in [0.5, 0.6) is 17.2 Å². The Bertz CT molecular complexity index is 1810. The molecule has 1 aliphatic heterocycles. The number of nitrogens with one attached hydrogen (secondary N) is 2. The average molecular weight is 666 g/mol. The van der Waals surface area contributed by atoms with Gasteiger partial charge in [0.15, 0.2) is 0 Å². The molecule has 4 aromatic carbocycles. The van der Waals surface area contributed by atoms with E-state index in [1.807, 2.05) is 44.2 Å². The van der Waals surface area contributed by atoms with E-state index in [0.29, 0.717) is 35.8 Å². The van der Waals surface area contributed by atoms with Crippen LogP contribution in [-0.2, 0) is 11.2 Å². The predicted octanol–water partition coefficient (Wildman–Crippen LogP) is 7.45. The Hall–Kier alpha value is -5.51. The molecule has 256 valence electrons. The number of amides is 3. The molecule has 3 N–H and O–H groups in total. The molecule has 3 amide bonds. The summed E-state index contributed by atoms with van der Waals surface area (Å²) in [6.45, 7) is 8.79. The highest BCUT2D eigenvalue weighted by Gasteiger charge is 2.37. The second kappa shape index (κ2) is 15.6. The minimum atomic E-state index is -1.01. The number of carboxylic acid groups (broad SMARTS) is 1. The van der Waals surface area contributed by atoms with Gasteiger partial charge in [0.1, 0.15) is 30.0 Å². The summed E-state index contributed by atoms with van der Waals surface area (Å²) in [6.07, 6.45) is 0.413. The number of aryl methyl sites for hydroxylation is 2. The number of likely N-dealkylation sites (tertiary alicyclic amines) is 1. The fourth-order valence-electron chi connectivity index (χ4n) is 5.92. The van der Waals surface area contributed by atoms with Gasteiger partial charge in [0.2, 0.25) is 5.91 Å². The molecular weight excluding hydrogens is 622 g/mol. The Morgan fingerprint density at radius 2 is 1.63 bits per heavy atom. The summed E-state index contributed by atoms with van der Waals surface area (Å²) in [5.41, 5.74) is 5.20. The van der Waals surface area contributed by atoms with Crippen molar-refractivity contribution < 1.29 is 33.7 Å². The van der Waals surface area contributed by atoms with Gasteiger partial charge in [0.05, 0.1) is 37.4 Å². The third-order valence-corrected chi connectivity index (χ3v) is 8.59. The lowest BCUT2D eigenvalue weighted by molar-refractivity contribution is -0.132. The minimum absolute atomic E-state index is 0.101. The molecule has 2 atom stereocenters. The number of benzene rings is 4. The van der Waals surface area contributed by atoms with Gasteiger partial charge in [-0.3, -0.25) is 4.79 Å². The number of carbonyl (C=O) groups is 3. The molecule has 1 fully saturated rings. The third-order valence-electron chi connectivity index (χ3n) is 8.59.